The van der Waals surface area contributed by atoms with Crippen LogP contribution in [0.15, 0.2) is 0 Å². The van der Waals surface area contributed by atoms with Gasteiger partial charge in [-0.15, -0.1) is 0 Å². The molecular formula is C11H22N2O. The molecular weight excluding hydrogens is 176 g/mol. The molecule has 0 aromatic heterocycles. The van der Waals surface area contributed by atoms with Crippen LogP contribution in [0.5, 0.6) is 0 Å². The fraction of sp³-hybridized carbons (Fsp3) is 1.00. The van der Waals surface area contributed by atoms with E-state index in [0.29, 0.717) is 30.1 Å². The Morgan fingerprint density at radius 2 is 2.36 bits per heavy atom. The summed E-state index contributed by atoms with van der Waals surface area (Å²) in [5, 5.41) is 3.56. The Hall–Kier alpha value is -0.120. The third-order valence-corrected chi connectivity index (χ3v) is 3.77. The second kappa shape index (κ2) is 4.17. The summed E-state index contributed by atoms with van der Waals surface area (Å²) in [6, 6.07) is 1.27. The molecule has 0 bridgehead atoms. The predicted molar refractivity (Wildman–Crippen MR) is 57.1 cm³/mol. The first-order valence-electron chi connectivity index (χ1n) is 5.87. The first kappa shape index (κ1) is 10.4. The van der Waals surface area contributed by atoms with Crippen LogP contribution in [0.4, 0.5) is 0 Å². The highest BCUT2D eigenvalue weighted by atomic mass is 16.5. The van der Waals surface area contributed by atoms with Gasteiger partial charge in [-0.25, -0.2) is 0 Å². The van der Waals surface area contributed by atoms with Crippen LogP contribution in [-0.2, 0) is 4.74 Å². The van der Waals surface area contributed by atoms with Crippen LogP contribution in [0.25, 0.3) is 0 Å². The molecule has 3 N–H and O–H groups in total. The first-order valence-corrected chi connectivity index (χ1v) is 5.87. The van der Waals surface area contributed by atoms with Gasteiger partial charge in [0.1, 0.15) is 0 Å². The van der Waals surface area contributed by atoms with Gasteiger partial charge >= 0.3 is 0 Å². The van der Waals surface area contributed by atoms with Crippen molar-refractivity contribution in [2.45, 2.75) is 57.3 Å². The van der Waals surface area contributed by atoms with E-state index in [9.17, 15) is 0 Å². The van der Waals surface area contributed by atoms with Gasteiger partial charge in [-0.2, -0.15) is 0 Å². The van der Waals surface area contributed by atoms with Gasteiger partial charge < -0.3 is 15.8 Å². The van der Waals surface area contributed by atoms with E-state index in [1.807, 2.05) is 0 Å². The van der Waals surface area contributed by atoms with Crippen molar-refractivity contribution >= 4 is 0 Å². The largest absolute Gasteiger partial charge is 0.376 e. The maximum absolute atomic E-state index is 6.14. The molecule has 14 heavy (non-hydrogen) atoms. The second-order valence-corrected chi connectivity index (χ2v) is 4.72. The molecule has 3 nitrogen and oxygen atoms in total. The number of ether oxygens (including phenoxy) is 1. The van der Waals surface area contributed by atoms with E-state index in [1.54, 1.807) is 0 Å². The molecule has 0 spiro atoms. The highest BCUT2D eigenvalue weighted by molar-refractivity contribution is 5.07. The Bertz CT molecular complexity index is 198. The number of hydrogen-bond acceptors (Lipinski definition) is 3. The van der Waals surface area contributed by atoms with Crippen LogP contribution >= 0.6 is 0 Å². The van der Waals surface area contributed by atoms with Gasteiger partial charge in [-0.3, -0.25) is 0 Å². The molecule has 5 atom stereocenters. The summed E-state index contributed by atoms with van der Waals surface area (Å²) < 4.78 is 5.76. The van der Waals surface area contributed by atoms with Gasteiger partial charge in [0, 0.05) is 30.7 Å². The van der Waals surface area contributed by atoms with Crippen molar-refractivity contribution in [1.29, 1.82) is 0 Å². The lowest BCUT2D eigenvalue weighted by molar-refractivity contribution is -0.122. The average molecular weight is 198 g/mol. The smallest absolute Gasteiger partial charge is 0.0786 e. The van der Waals surface area contributed by atoms with Crippen molar-refractivity contribution in [3.05, 3.63) is 0 Å². The van der Waals surface area contributed by atoms with Crippen LogP contribution < -0.4 is 11.1 Å². The number of nitrogens with one attached hydrogen (secondary N) is 1. The fourth-order valence-corrected chi connectivity index (χ4v) is 2.60. The minimum Gasteiger partial charge on any atom is -0.376 e. The van der Waals surface area contributed by atoms with Gasteiger partial charge in [0.15, 0.2) is 0 Å². The Kier molecular flexibility index (Phi) is 3.10. The van der Waals surface area contributed by atoms with Crippen molar-refractivity contribution in [1.82, 2.24) is 5.32 Å². The molecule has 0 aromatic rings. The summed E-state index contributed by atoms with van der Waals surface area (Å²) in [5.41, 5.74) is 6.14. The standard InChI is InChI=1S/C11H22N2O/c1-3-7(2)13-10-9(12)8-5-4-6-14-11(8)10/h7-11,13H,3-6,12H2,1-2H3. The van der Waals surface area contributed by atoms with Crippen molar-refractivity contribution in [2.24, 2.45) is 11.7 Å². The van der Waals surface area contributed by atoms with Gasteiger partial charge in [0.25, 0.3) is 0 Å². The molecule has 1 aliphatic heterocycles. The van der Waals surface area contributed by atoms with Crippen molar-refractivity contribution in [3.8, 4) is 0 Å². The van der Waals surface area contributed by atoms with Gasteiger partial charge in [-0.05, 0) is 26.2 Å². The predicted octanol–water partition coefficient (Wildman–Crippen LogP) is 0.879. The highest BCUT2D eigenvalue weighted by Crippen LogP contribution is 2.37. The molecule has 0 aromatic carbocycles. The Balaban J connectivity index is 1.87. The van der Waals surface area contributed by atoms with E-state index in [-0.39, 0.29) is 0 Å². The Morgan fingerprint density at radius 3 is 3.07 bits per heavy atom. The van der Waals surface area contributed by atoms with E-state index >= 15 is 0 Å². The van der Waals surface area contributed by atoms with Gasteiger partial charge in [0.2, 0.25) is 0 Å². The van der Waals surface area contributed by atoms with Crippen molar-refractivity contribution in [2.75, 3.05) is 6.61 Å². The SMILES string of the molecule is CCC(C)NC1C(N)C2CCCOC21. The van der Waals surface area contributed by atoms with Crippen LogP contribution in [0.1, 0.15) is 33.1 Å². The molecule has 5 unspecified atom stereocenters. The maximum atomic E-state index is 6.14. The van der Waals surface area contributed by atoms with E-state index in [2.05, 4.69) is 19.2 Å². The molecule has 2 aliphatic rings. The summed E-state index contributed by atoms with van der Waals surface area (Å²) in [7, 11) is 0. The summed E-state index contributed by atoms with van der Waals surface area (Å²) in [4.78, 5) is 0. The van der Waals surface area contributed by atoms with Gasteiger partial charge in [0.05, 0.1) is 6.10 Å². The van der Waals surface area contributed by atoms with Crippen molar-refractivity contribution in [3.63, 3.8) is 0 Å². The van der Waals surface area contributed by atoms with Crippen molar-refractivity contribution < 1.29 is 4.74 Å². The van der Waals surface area contributed by atoms with Crippen LogP contribution in [-0.4, -0.2) is 30.8 Å². The monoisotopic (exact) mass is 198 g/mol. The number of hydrogen-bond donors (Lipinski definition) is 2. The summed E-state index contributed by atoms with van der Waals surface area (Å²) in [6.45, 7) is 5.33. The minimum absolute atomic E-state index is 0.314. The zero-order valence-corrected chi connectivity index (χ0v) is 9.20. The number of rotatable bonds is 3. The third kappa shape index (κ3) is 1.69. The number of nitrogens with two attached hydrogens (primary N) is 1. The average Bonchev–Trinajstić information content (AvgIpc) is 2.25. The van der Waals surface area contributed by atoms with E-state index in [1.165, 1.54) is 12.8 Å². The molecule has 2 fully saturated rings. The number of fused-ring (bicyclic) bond motifs is 1. The highest BCUT2D eigenvalue weighted by Gasteiger charge is 2.50. The summed E-state index contributed by atoms with van der Waals surface area (Å²) >= 11 is 0. The fourth-order valence-electron chi connectivity index (χ4n) is 2.60. The summed E-state index contributed by atoms with van der Waals surface area (Å²) in [5.74, 6) is 0.616. The first-order chi connectivity index (χ1) is 6.74. The Morgan fingerprint density at radius 1 is 1.57 bits per heavy atom. The van der Waals surface area contributed by atoms with E-state index < -0.39 is 0 Å². The van der Waals surface area contributed by atoms with E-state index in [0.717, 1.165) is 13.0 Å². The van der Waals surface area contributed by atoms with E-state index in [4.69, 9.17) is 10.5 Å². The molecule has 3 heteroatoms. The zero-order valence-electron chi connectivity index (χ0n) is 9.20. The van der Waals surface area contributed by atoms with Crippen LogP contribution in [0.3, 0.4) is 0 Å². The Labute approximate surface area is 86.4 Å². The quantitative estimate of drug-likeness (QED) is 0.707. The minimum atomic E-state index is 0.314. The topological polar surface area (TPSA) is 47.3 Å². The van der Waals surface area contributed by atoms with Crippen LogP contribution in [0.2, 0.25) is 0 Å². The second-order valence-electron chi connectivity index (χ2n) is 4.72. The lowest BCUT2D eigenvalue weighted by Gasteiger charge is -2.53. The van der Waals surface area contributed by atoms with Gasteiger partial charge in [-0.1, -0.05) is 6.92 Å². The molecule has 1 heterocycles. The molecule has 1 aliphatic carbocycles. The summed E-state index contributed by atoms with van der Waals surface area (Å²) in [6.07, 6.45) is 3.99. The van der Waals surface area contributed by atoms with Crippen LogP contribution in [0, 0.1) is 5.92 Å². The zero-order chi connectivity index (χ0) is 10.1. The molecule has 0 amide bonds. The normalized spacial score (nSPS) is 43.9. The molecule has 82 valence electrons. The molecule has 1 saturated heterocycles. The molecule has 1 saturated carbocycles. The molecule has 2 rings (SSSR count). The lowest BCUT2D eigenvalue weighted by atomic mass is 9.68. The maximum Gasteiger partial charge on any atom is 0.0786 e. The molecule has 0 radical (unpaired) electrons. The lowest BCUT2D eigenvalue weighted by Crippen LogP contribution is -2.72. The third-order valence-electron chi connectivity index (χ3n) is 3.77.